The summed E-state index contributed by atoms with van der Waals surface area (Å²) < 4.78 is 33.4. The first-order valence-corrected chi connectivity index (χ1v) is 8.99. The fourth-order valence-corrected chi connectivity index (χ4v) is 2.79. The topological polar surface area (TPSA) is 81.7 Å². The molecule has 7 heteroatoms. The first-order valence-electron chi connectivity index (χ1n) is 7.10. The number of carbonyl (C=O) groups is 1. The zero-order valence-electron chi connectivity index (χ0n) is 13.9. The first-order chi connectivity index (χ1) is 11.3. The lowest BCUT2D eigenvalue weighted by Gasteiger charge is -2.13. The van der Waals surface area contributed by atoms with Gasteiger partial charge in [-0.1, -0.05) is 0 Å². The summed E-state index contributed by atoms with van der Waals surface area (Å²) in [6.45, 7) is 1.84. The second kappa shape index (κ2) is 6.92. The van der Waals surface area contributed by atoms with Crippen molar-refractivity contribution in [3.8, 4) is 11.5 Å². The van der Waals surface area contributed by atoms with Crippen LogP contribution in [0.3, 0.4) is 0 Å². The maximum absolute atomic E-state index is 12.3. The summed E-state index contributed by atoms with van der Waals surface area (Å²) in [7, 11) is -0.233. The molecule has 2 rings (SSSR count). The van der Waals surface area contributed by atoms with Gasteiger partial charge in [0.05, 0.1) is 19.1 Å². The largest absolute Gasteiger partial charge is 0.493 e. The van der Waals surface area contributed by atoms with Gasteiger partial charge >= 0.3 is 0 Å². The molecule has 1 amide bonds. The third-order valence-corrected chi connectivity index (χ3v) is 4.65. The molecule has 2 aromatic carbocycles. The van der Waals surface area contributed by atoms with E-state index in [0.29, 0.717) is 22.7 Å². The minimum absolute atomic E-state index is 0.168. The van der Waals surface area contributed by atoms with Gasteiger partial charge in [0, 0.05) is 23.6 Å². The summed E-state index contributed by atoms with van der Waals surface area (Å²) in [5.41, 5.74) is 1.76. The third kappa shape index (κ3) is 3.86. The van der Waals surface area contributed by atoms with E-state index in [4.69, 9.17) is 9.47 Å². The van der Waals surface area contributed by atoms with Gasteiger partial charge < -0.3 is 14.8 Å². The second-order valence-corrected chi connectivity index (χ2v) is 7.29. The number of nitrogens with one attached hydrogen (secondary N) is 1. The van der Waals surface area contributed by atoms with Crippen LogP contribution in [0.2, 0.25) is 0 Å². The molecule has 2 aromatic rings. The SMILES string of the molecule is COc1cc(C)c(NC(=O)c2ccc(S(C)(=O)=O)cc2)cc1OC. The van der Waals surface area contributed by atoms with E-state index in [2.05, 4.69) is 5.32 Å². The van der Waals surface area contributed by atoms with Gasteiger partial charge in [0.2, 0.25) is 0 Å². The predicted octanol–water partition coefficient (Wildman–Crippen LogP) is 2.67. The molecule has 0 spiro atoms. The molecule has 0 saturated heterocycles. The average Bonchev–Trinajstić information content (AvgIpc) is 2.55. The number of aryl methyl sites for hydroxylation is 1. The smallest absolute Gasteiger partial charge is 0.255 e. The number of amides is 1. The zero-order valence-corrected chi connectivity index (χ0v) is 14.7. The molecule has 1 N–H and O–H groups in total. The molecule has 6 nitrogen and oxygen atoms in total. The van der Waals surface area contributed by atoms with E-state index in [1.807, 2.05) is 6.92 Å². The van der Waals surface area contributed by atoms with Gasteiger partial charge in [-0.3, -0.25) is 4.79 Å². The maximum Gasteiger partial charge on any atom is 0.255 e. The van der Waals surface area contributed by atoms with Crippen LogP contribution in [0.25, 0.3) is 0 Å². The fraction of sp³-hybridized carbons (Fsp3) is 0.235. The normalized spacial score (nSPS) is 11.0. The Kier molecular flexibility index (Phi) is 5.14. The molecule has 0 atom stereocenters. The second-order valence-electron chi connectivity index (χ2n) is 5.27. The van der Waals surface area contributed by atoms with Gasteiger partial charge in [-0.05, 0) is 42.8 Å². The van der Waals surface area contributed by atoms with E-state index in [1.54, 1.807) is 19.2 Å². The molecule has 0 heterocycles. The van der Waals surface area contributed by atoms with Crippen LogP contribution in [0.15, 0.2) is 41.3 Å². The van der Waals surface area contributed by atoms with Crippen LogP contribution in [-0.2, 0) is 9.84 Å². The molecular weight excluding hydrogens is 330 g/mol. The van der Waals surface area contributed by atoms with Crippen molar-refractivity contribution in [3.63, 3.8) is 0 Å². The molecule has 0 aromatic heterocycles. The number of sulfone groups is 1. The van der Waals surface area contributed by atoms with Crippen LogP contribution in [-0.4, -0.2) is 34.8 Å². The summed E-state index contributed by atoms with van der Waals surface area (Å²) in [6, 6.07) is 9.21. The number of anilines is 1. The number of ether oxygens (including phenoxy) is 2. The number of carbonyl (C=O) groups excluding carboxylic acids is 1. The number of benzene rings is 2. The lowest BCUT2D eigenvalue weighted by Crippen LogP contribution is -2.13. The molecule has 0 aliphatic rings. The van der Waals surface area contributed by atoms with Crippen LogP contribution >= 0.6 is 0 Å². The monoisotopic (exact) mass is 349 g/mol. The number of hydrogen-bond acceptors (Lipinski definition) is 5. The highest BCUT2D eigenvalue weighted by atomic mass is 32.2. The Morgan fingerprint density at radius 2 is 1.54 bits per heavy atom. The van der Waals surface area contributed by atoms with Crippen LogP contribution in [0.4, 0.5) is 5.69 Å². The van der Waals surface area contributed by atoms with Crippen LogP contribution < -0.4 is 14.8 Å². The molecule has 0 aliphatic carbocycles. The molecule has 128 valence electrons. The highest BCUT2D eigenvalue weighted by Gasteiger charge is 2.13. The van der Waals surface area contributed by atoms with Gasteiger partial charge in [0.15, 0.2) is 21.3 Å². The summed E-state index contributed by atoms with van der Waals surface area (Å²) in [4.78, 5) is 12.5. The van der Waals surface area contributed by atoms with E-state index in [1.165, 1.54) is 31.4 Å². The third-order valence-electron chi connectivity index (χ3n) is 3.52. The molecular formula is C17H19NO5S. The van der Waals surface area contributed by atoms with Crippen LogP contribution in [0.1, 0.15) is 15.9 Å². The Bertz CT molecular complexity index is 857. The number of hydrogen-bond donors (Lipinski definition) is 1. The first kappa shape index (κ1) is 17.8. The summed E-state index contributed by atoms with van der Waals surface area (Å²) in [6.07, 6.45) is 1.12. The van der Waals surface area contributed by atoms with E-state index < -0.39 is 9.84 Å². The molecule has 0 saturated carbocycles. The fourth-order valence-electron chi connectivity index (χ4n) is 2.16. The molecule has 0 fully saturated rings. The van der Waals surface area contributed by atoms with Crippen molar-refractivity contribution >= 4 is 21.4 Å². The lowest BCUT2D eigenvalue weighted by atomic mass is 10.1. The van der Waals surface area contributed by atoms with Crippen molar-refractivity contribution < 1.29 is 22.7 Å². The Morgan fingerprint density at radius 3 is 2.04 bits per heavy atom. The average molecular weight is 349 g/mol. The van der Waals surface area contributed by atoms with Crippen LogP contribution in [0, 0.1) is 6.92 Å². The quantitative estimate of drug-likeness (QED) is 0.897. The van der Waals surface area contributed by atoms with E-state index in [-0.39, 0.29) is 10.8 Å². The van der Waals surface area contributed by atoms with Gasteiger partial charge in [-0.25, -0.2) is 8.42 Å². The van der Waals surface area contributed by atoms with Crippen molar-refractivity contribution in [3.05, 3.63) is 47.5 Å². The highest BCUT2D eigenvalue weighted by molar-refractivity contribution is 7.90. The van der Waals surface area contributed by atoms with Crippen molar-refractivity contribution in [2.24, 2.45) is 0 Å². The highest BCUT2D eigenvalue weighted by Crippen LogP contribution is 2.33. The Hall–Kier alpha value is -2.54. The van der Waals surface area contributed by atoms with Crippen molar-refractivity contribution in [1.29, 1.82) is 0 Å². The molecule has 0 unspecified atom stereocenters. The number of rotatable bonds is 5. The van der Waals surface area contributed by atoms with Crippen molar-refractivity contribution in [2.75, 3.05) is 25.8 Å². The van der Waals surface area contributed by atoms with Gasteiger partial charge in [-0.2, -0.15) is 0 Å². The lowest BCUT2D eigenvalue weighted by molar-refractivity contribution is 0.102. The van der Waals surface area contributed by atoms with Gasteiger partial charge in [-0.15, -0.1) is 0 Å². The van der Waals surface area contributed by atoms with Crippen molar-refractivity contribution in [1.82, 2.24) is 0 Å². The van der Waals surface area contributed by atoms with Crippen LogP contribution in [0.5, 0.6) is 11.5 Å². The Morgan fingerprint density at radius 1 is 1.00 bits per heavy atom. The molecule has 24 heavy (non-hydrogen) atoms. The summed E-state index contributed by atoms with van der Waals surface area (Å²) in [5.74, 6) is 0.738. The Balaban J connectivity index is 2.26. The zero-order chi connectivity index (χ0) is 17.9. The van der Waals surface area contributed by atoms with E-state index >= 15 is 0 Å². The van der Waals surface area contributed by atoms with E-state index in [9.17, 15) is 13.2 Å². The summed E-state index contributed by atoms with van der Waals surface area (Å²) in [5, 5.41) is 2.79. The Labute approximate surface area is 141 Å². The maximum atomic E-state index is 12.3. The molecule has 0 radical (unpaired) electrons. The number of methoxy groups -OCH3 is 2. The summed E-state index contributed by atoms with van der Waals surface area (Å²) >= 11 is 0. The molecule has 0 bridgehead atoms. The van der Waals surface area contributed by atoms with E-state index in [0.717, 1.165) is 11.8 Å². The van der Waals surface area contributed by atoms with Gasteiger partial charge in [0.25, 0.3) is 5.91 Å². The molecule has 0 aliphatic heterocycles. The standard InChI is InChI=1S/C17H19NO5S/c1-11-9-15(22-2)16(23-3)10-14(11)18-17(19)12-5-7-13(8-6-12)24(4,20)21/h5-10H,1-4H3,(H,18,19). The van der Waals surface area contributed by atoms with Crippen molar-refractivity contribution in [2.45, 2.75) is 11.8 Å². The predicted molar refractivity (Wildman–Crippen MR) is 91.8 cm³/mol. The van der Waals surface area contributed by atoms with Gasteiger partial charge in [0.1, 0.15) is 0 Å². The minimum atomic E-state index is -3.29. The minimum Gasteiger partial charge on any atom is -0.493 e.